The lowest BCUT2D eigenvalue weighted by Gasteiger charge is -2.20. The van der Waals surface area contributed by atoms with E-state index in [1.807, 2.05) is 0 Å². The number of nitrogens with one attached hydrogen (secondary N) is 1. The minimum absolute atomic E-state index is 0.827. The molecule has 0 aliphatic carbocycles. The first-order chi connectivity index (χ1) is 6.34. The molecule has 1 N–H and O–H groups in total. The lowest BCUT2D eigenvalue weighted by molar-refractivity contribution is 0.268. The van der Waals surface area contributed by atoms with Crippen molar-refractivity contribution in [2.45, 2.75) is 45.6 Å². The van der Waals surface area contributed by atoms with Gasteiger partial charge in [-0.15, -0.1) is 0 Å². The van der Waals surface area contributed by atoms with Gasteiger partial charge in [-0.1, -0.05) is 13.3 Å². The molecule has 0 radical (unpaired) electrons. The van der Waals surface area contributed by atoms with Crippen LogP contribution in [0.15, 0.2) is 0 Å². The van der Waals surface area contributed by atoms with Crippen LogP contribution in [0.3, 0.4) is 0 Å². The van der Waals surface area contributed by atoms with Gasteiger partial charge in [0.2, 0.25) is 0 Å². The van der Waals surface area contributed by atoms with E-state index in [-0.39, 0.29) is 0 Å². The summed E-state index contributed by atoms with van der Waals surface area (Å²) < 4.78 is 0. The normalized spacial score (nSPS) is 24.0. The first-order valence-electron chi connectivity index (χ1n) is 5.79. The van der Waals surface area contributed by atoms with Crippen LogP contribution in [0.1, 0.15) is 39.5 Å². The van der Waals surface area contributed by atoms with Crippen LogP contribution in [0.4, 0.5) is 0 Å². The third kappa shape index (κ3) is 4.10. The molecule has 1 saturated heterocycles. The topological polar surface area (TPSA) is 15.3 Å². The van der Waals surface area contributed by atoms with Crippen molar-refractivity contribution in [2.24, 2.45) is 0 Å². The van der Waals surface area contributed by atoms with Crippen LogP contribution < -0.4 is 5.32 Å². The highest BCUT2D eigenvalue weighted by molar-refractivity contribution is 4.75. The van der Waals surface area contributed by atoms with Crippen LogP contribution in [0.25, 0.3) is 0 Å². The summed E-state index contributed by atoms with van der Waals surface area (Å²) in [5, 5.41) is 3.49. The monoisotopic (exact) mass is 184 g/mol. The van der Waals surface area contributed by atoms with Crippen molar-refractivity contribution in [1.29, 1.82) is 0 Å². The van der Waals surface area contributed by atoms with Gasteiger partial charge in [0, 0.05) is 19.1 Å². The Morgan fingerprint density at radius 3 is 2.85 bits per heavy atom. The molecule has 1 aliphatic rings. The number of rotatable bonds is 6. The van der Waals surface area contributed by atoms with E-state index < -0.39 is 0 Å². The van der Waals surface area contributed by atoms with Gasteiger partial charge in [-0.3, -0.25) is 4.90 Å². The molecule has 0 aromatic heterocycles. The number of nitrogens with zero attached hydrogens (tertiary/aromatic N) is 1. The van der Waals surface area contributed by atoms with Gasteiger partial charge in [0.05, 0.1) is 0 Å². The van der Waals surface area contributed by atoms with Crippen molar-refractivity contribution in [3.05, 3.63) is 0 Å². The second-order valence-electron chi connectivity index (χ2n) is 4.13. The summed E-state index contributed by atoms with van der Waals surface area (Å²) in [7, 11) is 0. The number of hydrogen-bond donors (Lipinski definition) is 1. The standard InChI is InChI=1S/C11H24N2/c1-3-4-7-12-8-10-13-9-5-6-11(13)2/h11-12H,3-10H2,1-2H3. The SMILES string of the molecule is CCCCNCCN1CCCC1C. The predicted octanol–water partition coefficient (Wildman–Crippen LogP) is 1.86. The van der Waals surface area contributed by atoms with E-state index in [1.54, 1.807) is 0 Å². The molecule has 1 fully saturated rings. The fourth-order valence-corrected chi connectivity index (χ4v) is 1.97. The fourth-order valence-electron chi connectivity index (χ4n) is 1.97. The van der Waals surface area contributed by atoms with E-state index in [4.69, 9.17) is 0 Å². The summed E-state index contributed by atoms with van der Waals surface area (Å²) in [5.41, 5.74) is 0. The first-order valence-corrected chi connectivity index (χ1v) is 5.79. The molecule has 1 atom stereocenters. The molecule has 2 nitrogen and oxygen atoms in total. The summed E-state index contributed by atoms with van der Waals surface area (Å²) in [6.07, 6.45) is 5.41. The second-order valence-corrected chi connectivity index (χ2v) is 4.13. The van der Waals surface area contributed by atoms with Crippen molar-refractivity contribution >= 4 is 0 Å². The average Bonchev–Trinajstić information content (AvgIpc) is 2.52. The maximum absolute atomic E-state index is 3.49. The van der Waals surface area contributed by atoms with Crippen molar-refractivity contribution in [2.75, 3.05) is 26.2 Å². The Hall–Kier alpha value is -0.0800. The summed E-state index contributed by atoms with van der Waals surface area (Å²) in [6, 6.07) is 0.827. The Kier molecular flexibility index (Phi) is 5.40. The largest absolute Gasteiger partial charge is 0.315 e. The molecule has 78 valence electrons. The first kappa shape index (κ1) is 11.0. The highest BCUT2D eigenvalue weighted by atomic mass is 15.2. The van der Waals surface area contributed by atoms with Gasteiger partial charge < -0.3 is 5.32 Å². The molecule has 0 aromatic rings. The predicted molar refractivity (Wildman–Crippen MR) is 58.0 cm³/mol. The summed E-state index contributed by atoms with van der Waals surface area (Å²) in [6.45, 7) is 9.51. The molecule has 1 aliphatic heterocycles. The van der Waals surface area contributed by atoms with Crippen molar-refractivity contribution in [3.63, 3.8) is 0 Å². The number of unbranched alkanes of at least 4 members (excludes halogenated alkanes) is 1. The molecule has 1 unspecified atom stereocenters. The summed E-state index contributed by atoms with van der Waals surface area (Å²) >= 11 is 0. The van der Waals surface area contributed by atoms with Crippen LogP contribution in [0, 0.1) is 0 Å². The average molecular weight is 184 g/mol. The van der Waals surface area contributed by atoms with E-state index in [1.165, 1.54) is 51.9 Å². The molecule has 0 spiro atoms. The Morgan fingerprint density at radius 1 is 1.38 bits per heavy atom. The minimum atomic E-state index is 0.827. The van der Waals surface area contributed by atoms with Crippen molar-refractivity contribution in [3.8, 4) is 0 Å². The molecule has 0 saturated carbocycles. The molecular weight excluding hydrogens is 160 g/mol. The van der Waals surface area contributed by atoms with Crippen LogP contribution in [0.2, 0.25) is 0 Å². The van der Waals surface area contributed by atoms with E-state index in [9.17, 15) is 0 Å². The molecule has 0 bridgehead atoms. The molecule has 1 heterocycles. The lowest BCUT2D eigenvalue weighted by Crippen LogP contribution is -2.34. The van der Waals surface area contributed by atoms with Crippen molar-refractivity contribution in [1.82, 2.24) is 10.2 Å². The zero-order valence-corrected chi connectivity index (χ0v) is 9.18. The minimum Gasteiger partial charge on any atom is -0.315 e. The zero-order chi connectivity index (χ0) is 9.52. The van der Waals surface area contributed by atoms with Gasteiger partial charge in [-0.05, 0) is 39.3 Å². The highest BCUT2D eigenvalue weighted by Crippen LogP contribution is 2.14. The molecule has 1 rings (SSSR count). The van der Waals surface area contributed by atoms with E-state index in [2.05, 4.69) is 24.1 Å². The fraction of sp³-hybridized carbons (Fsp3) is 1.00. The maximum atomic E-state index is 3.49. The molecule has 2 heteroatoms. The Morgan fingerprint density at radius 2 is 2.23 bits per heavy atom. The maximum Gasteiger partial charge on any atom is 0.0110 e. The van der Waals surface area contributed by atoms with Crippen LogP contribution >= 0.6 is 0 Å². The van der Waals surface area contributed by atoms with E-state index in [0.29, 0.717) is 0 Å². The Bertz CT molecular complexity index is 125. The number of hydrogen-bond acceptors (Lipinski definition) is 2. The third-order valence-electron chi connectivity index (χ3n) is 2.97. The van der Waals surface area contributed by atoms with Gasteiger partial charge in [0.1, 0.15) is 0 Å². The summed E-state index contributed by atoms with van der Waals surface area (Å²) in [4.78, 5) is 2.60. The van der Waals surface area contributed by atoms with E-state index in [0.717, 1.165) is 6.04 Å². The quantitative estimate of drug-likeness (QED) is 0.634. The molecule has 13 heavy (non-hydrogen) atoms. The van der Waals surface area contributed by atoms with Gasteiger partial charge in [-0.2, -0.15) is 0 Å². The Labute approximate surface area is 82.7 Å². The third-order valence-corrected chi connectivity index (χ3v) is 2.97. The molecular formula is C11H24N2. The highest BCUT2D eigenvalue weighted by Gasteiger charge is 2.18. The van der Waals surface area contributed by atoms with Crippen LogP contribution in [-0.2, 0) is 0 Å². The Balaban J connectivity index is 1.93. The zero-order valence-electron chi connectivity index (χ0n) is 9.18. The van der Waals surface area contributed by atoms with Crippen molar-refractivity contribution < 1.29 is 0 Å². The van der Waals surface area contributed by atoms with Gasteiger partial charge in [0.25, 0.3) is 0 Å². The molecule has 0 aromatic carbocycles. The second kappa shape index (κ2) is 6.39. The van der Waals surface area contributed by atoms with Gasteiger partial charge in [-0.25, -0.2) is 0 Å². The van der Waals surface area contributed by atoms with Gasteiger partial charge >= 0.3 is 0 Å². The van der Waals surface area contributed by atoms with Gasteiger partial charge in [0.15, 0.2) is 0 Å². The van der Waals surface area contributed by atoms with E-state index >= 15 is 0 Å². The lowest BCUT2D eigenvalue weighted by atomic mass is 10.2. The summed E-state index contributed by atoms with van der Waals surface area (Å²) in [5.74, 6) is 0. The smallest absolute Gasteiger partial charge is 0.0110 e. The van der Waals surface area contributed by atoms with Crippen LogP contribution in [0.5, 0.6) is 0 Å². The number of likely N-dealkylation sites (tertiary alicyclic amines) is 1. The molecule has 0 amide bonds. The van der Waals surface area contributed by atoms with Crippen LogP contribution in [-0.4, -0.2) is 37.1 Å².